The van der Waals surface area contributed by atoms with Gasteiger partial charge < -0.3 is 11.1 Å². The zero-order chi connectivity index (χ0) is 14.5. The average molecular weight is 288 g/mol. The summed E-state index contributed by atoms with van der Waals surface area (Å²) in [5, 5.41) is 2.40. The summed E-state index contributed by atoms with van der Waals surface area (Å²) in [4.78, 5) is 11.6. The maximum Gasteiger partial charge on any atom is 0.239 e. The molecule has 1 amide bonds. The Bertz CT molecular complexity index is 528. The number of amides is 1. The molecule has 0 bridgehead atoms. The van der Waals surface area contributed by atoms with Crippen molar-refractivity contribution in [3.63, 3.8) is 0 Å². The molecule has 0 spiro atoms. The fourth-order valence-electron chi connectivity index (χ4n) is 1.49. The monoisotopic (exact) mass is 288 g/mol. The highest BCUT2D eigenvalue weighted by Gasteiger charge is 2.19. The Hall–Kier alpha value is -1.47. The first kappa shape index (κ1) is 15.6. The maximum absolute atomic E-state index is 12.7. The van der Waals surface area contributed by atoms with E-state index in [2.05, 4.69) is 5.32 Å². The minimum Gasteiger partial charge on any atom is -0.330 e. The fourth-order valence-corrected chi connectivity index (χ4v) is 3.08. The Morgan fingerprint density at radius 2 is 1.95 bits per heavy atom. The molecule has 1 aromatic carbocycles. The predicted molar refractivity (Wildman–Crippen MR) is 71.9 cm³/mol. The van der Waals surface area contributed by atoms with Crippen molar-refractivity contribution in [1.82, 2.24) is 0 Å². The predicted octanol–water partition coefficient (Wildman–Crippen LogP) is 0.774. The molecule has 3 N–H and O–H groups in total. The molecule has 0 saturated carbocycles. The lowest BCUT2D eigenvalue weighted by atomic mass is 10.2. The lowest BCUT2D eigenvalue weighted by Gasteiger charge is -2.09. The van der Waals surface area contributed by atoms with E-state index in [9.17, 15) is 17.6 Å². The first-order valence-electron chi connectivity index (χ1n) is 5.78. The highest BCUT2D eigenvalue weighted by Crippen LogP contribution is 2.09. The Balaban J connectivity index is 2.57. The quantitative estimate of drug-likeness (QED) is 0.809. The van der Waals surface area contributed by atoms with E-state index < -0.39 is 27.3 Å². The summed E-state index contributed by atoms with van der Waals surface area (Å²) < 4.78 is 36.0. The van der Waals surface area contributed by atoms with Crippen LogP contribution < -0.4 is 11.1 Å². The molecule has 0 aliphatic heterocycles. The standard InChI is InChI=1S/C12H17FN2O3S/c1-9(6-14)7-19(17,18)8-12(16)15-11-4-2-10(13)3-5-11/h2-5,9H,6-8,14H2,1H3,(H,15,16). The van der Waals surface area contributed by atoms with Gasteiger partial charge in [0.25, 0.3) is 0 Å². The van der Waals surface area contributed by atoms with E-state index in [1.807, 2.05) is 0 Å². The Labute approximate surface area is 111 Å². The van der Waals surface area contributed by atoms with Crippen molar-refractivity contribution in [2.45, 2.75) is 6.92 Å². The van der Waals surface area contributed by atoms with Crippen LogP contribution >= 0.6 is 0 Å². The van der Waals surface area contributed by atoms with Crippen molar-refractivity contribution >= 4 is 21.4 Å². The van der Waals surface area contributed by atoms with Crippen molar-refractivity contribution < 1.29 is 17.6 Å². The second-order valence-corrected chi connectivity index (χ2v) is 6.56. The zero-order valence-electron chi connectivity index (χ0n) is 10.6. The van der Waals surface area contributed by atoms with E-state index in [4.69, 9.17) is 5.73 Å². The molecule has 0 aliphatic rings. The number of anilines is 1. The summed E-state index contributed by atoms with van der Waals surface area (Å²) in [5.41, 5.74) is 5.70. The van der Waals surface area contributed by atoms with E-state index in [0.29, 0.717) is 5.69 Å². The van der Waals surface area contributed by atoms with Gasteiger partial charge in [0.05, 0.1) is 5.75 Å². The SMILES string of the molecule is CC(CN)CS(=O)(=O)CC(=O)Nc1ccc(F)cc1. The highest BCUT2D eigenvalue weighted by atomic mass is 32.2. The van der Waals surface area contributed by atoms with Crippen molar-refractivity contribution in [3.05, 3.63) is 30.1 Å². The summed E-state index contributed by atoms with van der Waals surface area (Å²) in [6.45, 7) is 1.95. The van der Waals surface area contributed by atoms with Crippen LogP contribution in [0.4, 0.5) is 10.1 Å². The molecular formula is C12H17FN2O3S. The molecule has 1 aromatic rings. The van der Waals surface area contributed by atoms with Gasteiger partial charge in [-0.2, -0.15) is 0 Å². The molecule has 0 heterocycles. The number of halogens is 1. The van der Waals surface area contributed by atoms with Gasteiger partial charge in [0.15, 0.2) is 9.84 Å². The number of nitrogens with one attached hydrogen (secondary N) is 1. The summed E-state index contributed by atoms with van der Waals surface area (Å²) >= 11 is 0. The zero-order valence-corrected chi connectivity index (χ0v) is 11.4. The lowest BCUT2D eigenvalue weighted by molar-refractivity contribution is -0.113. The molecule has 106 valence electrons. The normalized spacial score (nSPS) is 13.0. The van der Waals surface area contributed by atoms with E-state index in [1.54, 1.807) is 6.92 Å². The largest absolute Gasteiger partial charge is 0.330 e. The van der Waals surface area contributed by atoms with Gasteiger partial charge in [0.1, 0.15) is 11.6 Å². The molecule has 5 nitrogen and oxygen atoms in total. The molecular weight excluding hydrogens is 271 g/mol. The number of hydrogen-bond acceptors (Lipinski definition) is 4. The average Bonchev–Trinajstić information content (AvgIpc) is 2.30. The number of sulfone groups is 1. The van der Waals surface area contributed by atoms with Crippen LogP contribution in [0.3, 0.4) is 0 Å². The molecule has 7 heteroatoms. The minimum atomic E-state index is -3.49. The Morgan fingerprint density at radius 1 is 1.37 bits per heavy atom. The summed E-state index contributed by atoms with van der Waals surface area (Å²) in [6.07, 6.45) is 0. The van der Waals surface area contributed by atoms with Gasteiger partial charge in [-0.15, -0.1) is 0 Å². The maximum atomic E-state index is 12.7. The summed E-state index contributed by atoms with van der Waals surface area (Å²) in [6, 6.07) is 5.09. The second kappa shape index (κ2) is 6.63. The van der Waals surface area contributed by atoms with Crippen molar-refractivity contribution in [3.8, 4) is 0 Å². The van der Waals surface area contributed by atoms with E-state index >= 15 is 0 Å². The molecule has 0 aliphatic carbocycles. The van der Waals surface area contributed by atoms with Crippen LogP contribution in [0.15, 0.2) is 24.3 Å². The molecule has 0 fully saturated rings. The Morgan fingerprint density at radius 3 is 2.47 bits per heavy atom. The number of nitrogens with two attached hydrogens (primary N) is 1. The van der Waals surface area contributed by atoms with E-state index in [0.717, 1.165) is 0 Å². The van der Waals surface area contributed by atoms with Crippen LogP contribution in [0.1, 0.15) is 6.92 Å². The third-order valence-electron chi connectivity index (χ3n) is 2.42. The highest BCUT2D eigenvalue weighted by molar-refractivity contribution is 7.92. The van der Waals surface area contributed by atoms with Crippen LogP contribution in [0, 0.1) is 11.7 Å². The van der Waals surface area contributed by atoms with Crippen molar-refractivity contribution in [2.24, 2.45) is 11.7 Å². The molecule has 1 unspecified atom stereocenters. The van der Waals surface area contributed by atoms with E-state index in [-0.39, 0.29) is 18.2 Å². The molecule has 0 saturated heterocycles. The lowest BCUT2D eigenvalue weighted by Crippen LogP contribution is -2.29. The summed E-state index contributed by atoms with van der Waals surface area (Å²) in [7, 11) is -3.49. The smallest absolute Gasteiger partial charge is 0.239 e. The van der Waals surface area contributed by atoms with Gasteiger partial charge in [-0.1, -0.05) is 6.92 Å². The minimum absolute atomic E-state index is 0.125. The number of benzene rings is 1. The second-order valence-electron chi connectivity index (χ2n) is 4.45. The van der Waals surface area contributed by atoms with Crippen molar-refractivity contribution in [2.75, 3.05) is 23.4 Å². The van der Waals surface area contributed by atoms with Gasteiger partial charge in [-0.3, -0.25) is 4.79 Å². The first-order valence-corrected chi connectivity index (χ1v) is 7.60. The molecule has 1 atom stereocenters. The Kier molecular flexibility index (Phi) is 5.44. The van der Waals surface area contributed by atoms with Crippen molar-refractivity contribution in [1.29, 1.82) is 0 Å². The number of hydrogen-bond donors (Lipinski definition) is 2. The molecule has 0 radical (unpaired) electrons. The third kappa shape index (κ3) is 5.80. The number of carbonyl (C=O) groups excluding carboxylic acids is 1. The van der Waals surface area contributed by atoms with E-state index in [1.165, 1.54) is 24.3 Å². The van der Waals surface area contributed by atoms with Crippen LogP contribution in [0.5, 0.6) is 0 Å². The molecule has 0 aromatic heterocycles. The van der Waals surface area contributed by atoms with Crippen LogP contribution in [0.2, 0.25) is 0 Å². The van der Waals surface area contributed by atoms with Gasteiger partial charge in [-0.05, 0) is 36.7 Å². The third-order valence-corrected chi connectivity index (χ3v) is 4.20. The first-order chi connectivity index (χ1) is 8.82. The van der Waals surface area contributed by atoms with Gasteiger partial charge in [0.2, 0.25) is 5.91 Å². The fraction of sp³-hybridized carbons (Fsp3) is 0.417. The van der Waals surface area contributed by atoms with Gasteiger partial charge >= 0.3 is 0 Å². The summed E-state index contributed by atoms with van der Waals surface area (Å²) in [5.74, 6) is -1.99. The molecule has 19 heavy (non-hydrogen) atoms. The topological polar surface area (TPSA) is 89.3 Å². The van der Waals surface area contributed by atoms with Crippen LogP contribution in [0.25, 0.3) is 0 Å². The van der Waals surface area contributed by atoms with Crippen LogP contribution in [-0.2, 0) is 14.6 Å². The number of carbonyl (C=O) groups is 1. The molecule has 1 rings (SSSR count). The van der Waals surface area contributed by atoms with Gasteiger partial charge in [-0.25, -0.2) is 12.8 Å². The number of rotatable bonds is 6. The van der Waals surface area contributed by atoms with Crippen LogP contribution in [-0.4, -0.2) is 32.4 Å². The van der Waals surface area contributed by atoms with Gasteiger partial charge in [0, 0.05) is 5.69 Å².